The third-order valence-corrected chi connectivity index (χ3v) is 6.66. The van der Waals surface area contributed by atoms with E-state index in [2.05, 4.69) is 6.92 Å². The SMILES string of the molecule is COc1cccc(C=N[C@H](C)C23CC4CC(CC(C4)C2)C3)c1O. The summed E-state index contributed by atoms with van der Waals surface area (Å²) in [7, 11) is 1.58. The van der Waals surface area contributed by atoms with Crippen molar-refractivity contribution in [2.45, 2.75) is 51.5 Å². The molecule has 0 radical (unpaired) electrons. The van der Waals surface area contributed by atoms with Gasteiger partial charge in [0, 0.05) is 11.8 Å². The maximum absolute atomic E-state index is 10.2. The van der Waals surface area contributed by atoms with E-state index in [1.54, 1.807) is 13.2 Å². The monoisotopic (exact) mass is 313 g/mol. The van der Waals surface area contributed by atoms with Crippen LogP contribution in [-0.4, -0.2) is 24.5 Å². The van der Waals surface area contributed by atoms with E-state index in [1.165, 1.54) is 38.5 Å². The van der Waals surface area contributed by atoms with E-state index in [4.69, 9.17) is 9.73 Å². The quantitative estimate of drug-likeness (QED) is 0.836. The molecule has 124 valence electrons. The number of methoxy groups -OCH3 is 1. The van der Waals surface area contributed by atoms with Crippen LogP contribution in [0.25, 0.3) is 0 Å². The van der Waals surface area contributed by atoms with Crippen LogP contribution in [0.4, 0.5) is 0 Å². The highest BCUT2D eigenvalue weighted by Crippen LogP contribution is 2.61. The Morgan fingerprint density at radius 1 is 1.17 bits per heavy atom. The largest absolute Gasteiger partial charge is 0.504 e. The van der Waals surface area contributed by atoms with Crippen molar-refractivity contribution in [1.29, 1.82) is 0 Å². The number of aliphatic imine (C=N–C) groups is 1. The molecule has 4 saturated carbocycles. The molecule has 4 fully saturated rings. The van der Waals surface area contributed by atoms with E-state index in [1.807, 2.05) is 18.3 Å². The van der Waals surface area contributed by atoms with E-state index in [9.17, 15) is 5.11 Å². The van der Waals surface area contributed by atoms with Crippen molar-refractivity contribution in [2.75, 3.05) is 7.11 Å². The molecule has 0 spiro atoms. The molecule has 1 aromatic carbocycles. The van der Waals surface area contributed by atoms with Crippen molar-refractivity contribution in [3.8, 4) is 11.5 Å². The van der Waals surface area contributed by atoms with Gasteiger partial charge in [0.2, 0.25) is 0 Å². The average Bonchev–Trinajstić information content (AvgIpc) is 2.52. The highest BCUT2D eigenvalue weighted by atomic mass is 16.5. The minimum Gasteiger partial charge on any atom is -0.504 e. The van der Waals surface area contributed by atoms with Crippen LogP contribution >= 0.6 is 0 Å². The van der Waals surface area contributed by atoms with Gasteiger partial charge in [-0.2, -0.15) is 0 Å². The summed E-state index contributed by atoms with van der Waals surface area (Å²) in [5, 5.41) is 10.2. The first-order chi connectivity index (χ1) is 11.1. The van der Waals surface area contributed by atoms with Gasteiger partial charge in [-0.3, -0.25) is 4.99 Å². The lowest BCUT2D eigenvalue weighted by Crippen LogP contribution is -2.50. The fourth-order valence-electron chi connectivity index (χ4n) is 5.85. The number of rotatable bonds is 4. The second kappa shape index (κ2) is 5.54. The lowest BCUT2D eigenvalue weighted by Gasteiger charge is -2.58. The molecule has 0 heterocycles. The van der Waals surface area contributed by atoms with Crippen molar-refractivity contribution in [1.82, 2.24) is 0 Å². The predicted molar refractivity (Wildman–Crippen MR) is 92.3 cm³/mol. The number of hydrogen-bond acceptors (Lipinski definition) is 3. The van der Waals surface area contributed by atoms with Gasteiger partial charge in [0.25, 0.3) is 0 Å². The lowest BCUT2D eigenvalue weighted by molar-refractivity contribution is -0.0632. The van der Waals surface area contributed by atoms with Crippen molar-refractivity contribution in [2.24, 2.45) is 28.2 Å². The molecular weight excluding hydrogens is 286 g/mol. The molecule has 3 nitrogen and oxygen atoms in total. The molecular formula is C20H27NO2. The second-order valence-corrected chi connectivity index (χ2v) is 8.13. The fraction of sp³-hybridized carbons (Fsp3) is 0.650. The zero-order valence-corrected chi connectivity index (χ0v) is 14.2. The molecule has 5 rings (SSSR count). The highest BCUT2D eigenvalue weighted by Gasteiger charge is 2.53. The van der Waals surface area contributed by atoms with E-state index in [0.29, 0.717) is 17.2 Å². The van der Waals surface area contributed by atoms with Crippen LogP contribution in [0.3, 0.4) is 0 Å². The van der Waals surface area contributed by atoms with E-state index in [0.717, 1.165) is 23.3 Å². The van der Waals surface area contributed by atoms with Crippen molar-refractivity contribution in [3.05, 3.63) is 23.8 Å². The molecule has 1 N–H and O–H groups in total. The highest BCUT2D eigenvalue weighted by molar-refractivity contribution is 5.84. The molecule has 4 bridgehead atoms. The predicted octanol–water partition coefficient (Wildman–Crippen LogP) is 4.42. The minimum atomic E-state index is 0.191. The maximum atomic E-state index is 10.2. The number of para-hydroxylation sites is 1. The number of aromatic hydroxyl groups is 1. The molecule has 0 amide bonds. The summed E-state index contributed by atoms with van der Waals surface area (Å²) >= 11 is 0. The van der Waals surface area contributed by atoms with Gasteiger partial charge in [0.05, 0.1) is 13.2 Å². The summed E-state index contributed by atoms with van der Waals surface area (Å²) in [6.45, 7) is 2.28. The van der Waals surface area contributed by atoms with E-state index < -0.39 is 0 Å². The summed E-state index contributed by atoms with van der Waals surface area (Å²) in [6.07, 6.45) is 10.3. The molecule has 0 aliphatic heterocycles. The standard InChI is InChI=1S/C20H27NO2/c1-13(21-12-17-4-3-5-18(23-2)19(17)22)20-9-14-6-15(10-20)8-16(7-14)11-20/h3-5,12-16,22H,6-11H2,1-2H3/t13-,14?,15?,16?,20?/m1/s1. The van der Waals surface area contributed by atoms with Crippen molar-refractivity contribution in [3.63, 3.8) is 0 Å². The van der Waals surface area contributed by atoms with Gasteiger partial charge in [0.15, 0.2) is 11.5 Å². The number of ether oxygens (including phenoxy) is 1. The summed E-state index contributed by atoms with van der Waals surface area (Å²) in [5.41, 5.74) is 1.17. The molecule has 4 aliphatic carbocycles. The Morgan fingerprint density at radius 3 is 2.35 bits per heavy atom. The zero-order valence-electron chi connectivity index (χ0n) is 14.2. The summed E-state index contributed by atoms with van der Waals surface area (Å²) in [5.74, 6) is 3.55. The molecule has 1 atom stereocenters. The Hall–Kier alpha value is -1.51. The maximum Gasteiger partial charge on any atom is 0.166 e. The van der Waals surface area contributed by atoms with Crippen LogP contribution < -0.4 is 4.74 Å². The van der Waals surface area contributed by atoms with E-state index >= 15 is 0 Å². The van der Waals surface area contributed by atoms with Crippen LogP contribution in [0, 0.1) is 23.2 Å². The van der Waals surface area contributed by atoms with Crippen LogP contribution in [0.5, 0.6) is 11.5 Å². The minimum absolute atomic E-state index is 0.191. The van der Waals surface area contributed by atoms with Crippen LogP contribution in [-0.2, 0) is 0 Å². The Balaban J connectivity index is 1.55. The zero-order chi connectivity index (χ0) is 16.0. The second-order valence-electron chi connectivity index (χ2n) is 8.13. The number of phenolic OH excluding ortho intramolecular Hbond substituents is 1. The third-order valence-electron chi connectivity index (χ3n) is 6.66. The first-order valence-electron chi connectivity index (χ1n) is 8.99. The average molecular weight is 313 g/mol. The number of benzene rings is 1. The molecule has 23 heavy (non-hydrogen) atoms. The van der Waals surface area contributed by atoms with Gasteiger partial charge in [-0.1, -0.05) is 6.07 Å². The van der Waals surface area contributed by atoms with Crippen molar-refractivity contribution >= 4 is 6.21 Å². The Kier molecular flexibility index (Phi) is 3.62. The van der Waals surface area contributed by atoms with Gasteiger partial charge in [-0.15, -0.1) is 0 Å². The smallest absolute Gasteiger partial charge is 0.166 e. The van der Waals surface area contributed by atoms with Gasteiger partial charge in [-0.25, -0.2) is 0 Å². The number of nitrogens with zero attached hydrogens (tertiary/aromatic N) is 1. The molecule has 0 saturated heterocycles. The van der Waals surface area contributed by atoms with E-state index in [-0.39, 0.29) is 5.75 Å². The van der Waals surface area contributed by atoms with Gasteiger partial charge < -0.3 is 9.84 Å². The Bertz CT molecular complexity index is 587. The van der Waals surface area contributed by atoms with Gasteiger partial charge in [-0.05, 0) is 80.8 Å². The van der Waals surface area contributed by atoms with Crippen LogP contribution in [0.1, 0.15) is 51.0 Å². The molecule has 4 aliphatic rings. The first-order valence-corrected chi connectivity index (χ1v) is 8.99. The van der Waals surface area contributed by atoms with Crippen molar-refractivity contribution < 1.29 is 9.84 Å². The van der Waals surface area contributed by atoms with Gasteiger partial charge >= 0.3 is 0 Å². The van der Waals surface area contributed by atoms with Crippen LogP contribution in [0.15, 0.2) is 23.2 Å². The lowest BCUT2D eigenvalue weighted by atomic mass is 9.48. The number of hydrogen-bond donors (Lipinski definition) is 1. The fourth-order valence-corrected chi connectivity index (χ4v) is 5.85. The van der Waals surface area contributed by atoms with Crippen LogP contribution in [0.2, 0.25) is 0 Å². The normalized spacial score (nSPS) is 36.5. The van der Waals surface area contributed by atoms with Gasteiger partial charge in [0.1, 0.15) is 0 Å². The topological polar surface area (TPSA) is 41.8 Å². The molecule has 1 aromatic rings. The molecule has 3 heteroatoms. The number of phenols is 1. The molecule has 0 aromatic heterocycles. The first kappa shape index (κ1) is 15.0. The summed E-state index contributed by atoms with van der Waals surface area (Å²) in [6, 6.07) is 5.90. The summed E-state index contributed by atoms with van der Waals surface area (Å²) < 4.78 is 5.18. The summed E-state index contributed by atoms with van der Waals surface area (Å²) in [4.78, 5) is 4.88. The third kappa shape index (κ3) is 2.54. The Morgan fingerprint density at radius 2 is 1.78 bits per heavy atom. The molecule has 0 unspecified atom stereocenters. The Labute approximate surface area is 138 Å².